The summed E-state index contributed by atoms with van der Waals surface area (Å²) >= 11 is 0. The van der Waals surface area contributed by atoms with E-state index >= 15 is 0 Å². The third kappa shape index (κ3) is 6.27. The third-order valence-electron chi connectivity index (χ3n) is 2.56. The average molecular weight is 294 g/mol. The van der Waals surface area contributed by atoms with E-state index in [0.29, 0.717) is 31.2 Å². The molecule has 0 radical (unpaired) electrons. The lowest BCUT2D eigenvalue weighted by Crippen LogP contribution is -2.37. The van der Waals surface area contributed by atoms with Crippen molar-refractivity contribution in [1.29, 1.82) is 0 Å². The number of ether oxygens (including phenoxy) is 2. The fraction of sp³-hybridized carbons (Fsp3) is 0.467. The van der Waals surface area contributed by atoms with Crippen molar-refractivity contribution in [2.75, 3.05) is 32.2 Å². The van der Waals surface area contributed by atoms with Crippen LogP contribution in [-0.2, 0) is 14.3 Å². The molecule has 6 nitrogen and oxygen atoms in total. The van der Waals surface area contributed by atoms with Gasteiger partial charge in [-0.2, -0.15) is 0 Å². The van der Waals surface area contributed by atoms with E-state index in [-0.39, 0.29) is 5.92 Å². The minimum absolute atomic E-state index is 0.284. The molecule has 0 spiro atoms. The first-order valence-corrected chi connectivity index (χ1v) is 6.84. The van der Waals surface area contributed by atoms with Crippen molar-refractivity contribution in [3.8, 4) is 5.75 Å². The predicted molar refractivity (Wildman–Crippen MR) is 80.3 cm³/mol. The van der Waals surface area contributed by atoms with Crippen LogP contribution in [0.3, 0.4) is 0 Å². The molecule has 0 aliphatic rings. The van der Waals surface area contributed by atoms with Crippen LogP contribution >= 0.6 is 0 Å². The summed E-state index contributed by atoms with van der Waals surface area (Å²) in [4.78, 5) is 23.4. The Labute approximate surface area is 124 Å². The smallest absolute Gasteiger partial charge is 0.313 e. The molecular formula is C15H22N2O4. The Morgan fingerprint density at radius 3 is 2.52 bits per heavy atom. The van der Waals surface area contributed by atoms with Crippen LogP contribution in [0.1, 0.15) is 13.8 Å². The number of amides is 2. The maximum absolute atomic E-state index is 11.8. The molecule has 0 bridgehead atoms. The first-order valence-electron chi connectivity index (χ1n) is 6.84. The molecule has 0 unspecified atom stereocenters. The summed E-state index contributed by atoms with van der Waals surface area (Å²) in [6.07, 6.45) is 0. The van der Waals surface area contributed by atoms with Gasteiger partial charge in [0.2, 0.25) is 0 Å². The monoisotopic (exact) mass is 294 g/mol. The van der Waals surface area contributed by atoms with Gasteiger partial charge in [0.1, 0.15) is 12.4 Å². The second-order valence-electron chi connectivity index (χ2n) is 4.90. The summed E-state index contributed by atoms with van der Waals surface area (Å²) in [5.74, 6) is -0.584. The highest BCUT2D eigenvalue weighted by Crippen LogP contribution is 2.23. The molecule has 0 aromatic heterocycles. The maximum atomic E-state index is 11.8. The van der Waals surface area contributed by atoms with Crippen LogP contribution in [-0.4, -0.2) is 38.7 Å². The summed E-state index contributed by atoms with van der Waals surface area (Å²) in [5.41, 5.74) is 0.457. The molecule has 2 amide bonds. The number of carbonyl (C=O) groups is 2. The van der Waals surface area contributed by atoms with Crippen LogP contribution in [0, 0.1) is 5.92 Å². The Balaban J connectivity index is 2.60. The molecule has 1 aromatic carbocycles. The molecule has 0 aliphatic heterocycles. The Morgan fingerprint density at radius 1 is 1.14 bits per heavy atom. The van der Waals surface area contributed by atoms with Crippen LogP contribution in [0.2, 0.25) is 0 Å². The number of benzene rings is 1. The number of rotatable bonds is 7. The van der Waals surface area contributed by atoms with Gasteiger partial charge < -0.3 is 20.1 Å². The molecule has 0 heterocycles. The SMILES string of the molecule is COCCOc1ccccc1NC(=O)C(=O)NCC(C)C. The molecule has 116 valence electrons. The van der Waals surface area contributed by atoms with Gasteiger partial charge in [-0.1, -0.05) is 26.0 Å². The Hall–Kier alpha value is -2.08. The van der Waals surface area contributed by atoms with E-state index in [0.717, 1.165) is 0 Å². The normalized spacial score (nSPS) is 10.3. The fourth-order valence-corrected chi connectivity index (χ4v) is 1.49. The van der Waals surface area contributed by atoms with Crippen LogP contribution in [0.25, 0.3) is 0 Å². The van der Waals surface area contributed by atoms with Crippen LogP contribution in [0.4, 0.5) is 5.69 Å². The van der Waals surface area contributed by atoms with E-state index in [4.69, 9.17) is 9.47 Å². The molecule has 6 heteroatoms. The standard InChI is InChI=1S/C15H22N2O4/c1-11(2)10-16-14(18)15(19)17-12-6-4-5-7-13(12)21-9-8-20-3/h4-7,11H,8-10H2,1-3H3,(H,16,18)(H,17,19). The Kier molecular flexibility index (Phi) is 7.25. The maximum Gasteiger partial charge on any atom is 0.313 e. The molecule has 21 heavy (non-hydrogen) atoms. The summed E-state index contributed by atoms with van der Waals surface area (Å²) in [7, 11) is 1.58. The molecule has 0 saturated carbocycles. The minimum Gasteiger partial charge on any atom is -0.489 e. The van der Waals surface area contributed by atoms with Gasteiger partial charge in [0.15, 0.2) is 0 Å². The lowest BCUT2D eigenvalue weighted by atomic mass is 10.2. The zero-order valence-electron chi connectivity index (χ0n) is 12.6. The third-order valence-corrected chi connectivity index (χ3v) is 2.56. The van der Waals surface area contributed by atoms with E-state index < -0.39 is 11.8 Å². The van der Waals surface area contributed by atoms with Gasteiger partial charge in [0, 0.05) is 13.7 Å². The zero-order chi connectivity index (χ0) is 15.7. The molecule has 0 atom stereocenters. The van der Waals surface area contributed by atoms with Crippen molar-refractivity contribution < 1.29 is 19.1 Å². The number of anilines is 1. The highest BCUT2D eigenvalue weighted by Gasteiger charge is 2.15. The quantitative estimate of drug-likeness (QED) is 0.589. The number of hydrogen-bond acceptors (Lipinski definition) is 4. The van der Waals surface area contributed by atoms with Gasteiger partial charge >= 0.3 is 11.8 Å². The van der Waals surface area contributed by atoms with Gasteiger partial charge in [-0.3, -0.25) is 9.59 Å². The highest BCUT2D eigenvalue weighted by molar-refractivity contribution is 6.39. The minimum atomic E-state index is -0.710. The van der Waals surface area contributed by atoms with Gasteiger partial charge in [-0.15, -0.1) is 0 Å². The van der Waals surface area contributed by atoms with E-state index in [2.05, 4.69) is 10.6 Å². The van der Waals surface area contributed by atoms with Crippen molar-refractivity contribution >= 4 is 17.5 Å². The molecular weight excluding hydrogens is 272 g/mol. The van der Waals surface area contributed by atoms with Crippen molar-refractivity contribution in [1.82, 2.24) is 5.32 Å². The number of nitrogens with one attached hydrogen (secondary N) is 2. The van der Waals surface area contributed by atoms with Gasteiger partial charge in [0.05, 0.1) is 12.3 Å². The summed E-state index contributed by atoms with van der Waals surface area (Å²) in [5, 5.41) is 5.11. The number of methoxy groups -OCH3 is 1. The second kappa shape index (κ2) is 8.97. The van der Waals surface area contributed by atoms with Crippen LogP contribution in [0.15, 0.2) is 24.3 Å². The van der Waals surface area contributed by atoms with E-state index in [1.807, 2.05) is 13.8 Å². The molecule has 0 aliphatic carbocycles. The van der Waals surface area contributed by atoms with Crippen LogP contribution < -0.4 is 15.4 Å². The summed E-state index contributed by atoms with van der Waals surface area (Å²) < 4.78 is 10.4. The molecule has 1 rings (SSSR count). The van der Waals surface area contributed by atoms with Crippen molar-refractivity contribution in [2.24, 2.45) is 5.92 Å². The van der Waals surface area contributed by atoms with Gasteiger partial charge in [0.25, 0.3) is 0 Å². The molecule has 0 fully saturated rings. The topological polar surface area (TPSA) is 76.7 Å². The lowest BCUT2D eigenvalue weighted by molar-refractivity contribution is -0.136. The fourth-order valence-electron chi connectivity index (χ4n) is 1.49. The van der Waals surface area contributed by atoms with E-state index in [9.17, 15) is 9.59 Å². The zero-order valence-corrected chi connectivity index (χ0v) is 12.6. The van der Waals surface area contributed by atoms with Gasteiger partial charge in [-0.25, -0.2) is 0 Å². The predicted octanol–water partition coefficient (Wildman–Crippen LogP) is 1.42. The number of hydrogen-bond donors (Lipinski definition) is 2. The van der Waals surface area contributed by atoms with Crippen LogP contribution in [0.5, 0.6) is 5.75 Å². The number of para-hydroxylation sites is 2. The summed E-state index contributed by atoms with van der Waals surface area (Å²) in [6.45, 7) is 5.17. The summed E-state index contributed by atoms with van der Waals surface area (Å²) in [6, 6.07) is 6.94. The molecule has 1 aromatic rings. The molecule has 2 N–H and O–H groups in total. The van der Waals surface area contributed by atoms with Crippen molar-refractivity contribution in [3.63, 3.8) is 0 Å². The largest absolute Gasteiger partial charge is 0.489 e. The first kappa shape index (κ1) is 17.0. The second-order valence-corrected chi connectivity index (χ2v) is 4.90. The molecule has 0 saturated heterocycles. The van der Waals surface area contributed by atoms with Crippen molar-refractivity contribution in [2.45, 2.75) is 13.8 Å². The van der Waals surface area contributed by atoms with Crippen molar-refractivity contribution in [3.05, 3.63) is 24.3 Å². The Bertz CT molecular complexity index is 474. The van der Waals surface area contributed by atoms with E-state index in [1.54, 1.807) is 31.4 Å². The Morgan fingerprint density at radius 2 is 1.86 bits per heavy atom. The average Bonchev–Trinajstić information content (AvgIpc) is 2.46. The van der Waals surface area contributed by atoms with E-state index in [1.165, 1.54) is 0 Å². The number of carbonyl (C=O) groups excluding carboxylic acids is 2. The van der Waals surface area contributed by atoms with Gasteiger partial charge in [-0.05, 0) is 18.1 Å². The lowest BCUT2D eigenvalue weighted by Gasteiger charge is -2.12. The first-order chi connectivity index (χ1) is 10.0. The highest BCUT2D eigenvalue weighted by atomic mass is 16.5.